The fourth-order valence-corrected chi connectivity index (χ4v) is 2.70. The lowest BCUT2D eigenvalue weighted by molar-refractivity contribution is -0.134. The van der Waals surface area contributed by atoms with Crippen molar-refractivity contribution in [3.63, 3.8) is 0 Å². The summed E-state index contributed by atoms with van der Waals surface area (Å²) in [5.74, 6) is 0.429. The zero-order chi connectivity index (χ0) is 9.68. The molecule has 0 amide bonds. The first-order valence-electron chi connectivity index (χ1n) is 4.37. The highest BCUT2D eigenvalue weighted by atomic mass is 32.0. The molecular weight excluding hydrogens is 223 g/mol. The van der Waals surface area contributed by atoms with Gasteiger partial charge < -0.3 is 4.52 Å². The van der Waals surface area contributed by atoms with Gasteiger partial charge in [-0.3, -0.25) is 9.46 Å². The Bertz CT molecular complexity index is 179. The maximum atomic E-state index is 11.2. The third-order valence-electron chi connectivity index (χ3n) is 2.18. The van der Waals surface area contributed by atoms with Crippen LogP contribution in [0.15, 0.2) is 0 Å². The Morgan fingerprint density at radius 3 is 3.08 bits per heavy atom. The Morgan fingerprint density at radius 1 is 1.69 bits per heavy atom. The number of carbonyl (C=O) groups excluding carboxylic acids is 1. The van der Waals surface area contributed by atoms with Gasteiger partial charge >= 0.3 is 5.97 Å². The van der Waals surface area contributed by atoms with E-state index in [1.165, 1.54) is 6.42 Å². The van der Waals surface area contributed by atoms with Crippen molar-refractivity contribution in [1.82, 2.24) is 4.67 Å². The van der Waals surface area contributed by atoms with E-state index in [0.29, 0.717) is 12.3 Å². The van der Waals surface area contributed by atoms with Crippen LogP contribution in [-0.2, 0) is 9.32 Å². The van der Waals surface area contributed by atoms with Crippen molar-refractivity contribution in [2.75, 3.05) is 13.1 Å². The van der Waals surface area contributed by atoms with Gasteiger partial charge in [0.05, 0.1) is 8.50 Å². The third-order valence-corrected chi connectivity index (χ3v) is 3.35. The van der Waals surface area contributed by atoms with Crippen LogP contribution in [-0.4, -0.2) is 23.7 Å². The molecule has 76 valence electrons. The normalized spacial score (nSPS) is 25.2. The summed E-state index contributed by atoms with van der Waals surface area (Å²) in [5, 5.41) is 0. The predicted molar refractivity (Wildman–Crippen MR) is 62.7 cm³/mol. The van der Waals surface area contributed by atoms with Gasteiger partial charge in [-0.05, 0) is 18.8 Å². The molecule has 0 spiro atoms. The standard InChI is InChI=1S/C7H16NO2P3/c9-7(10-13-12)4-6-2-1-3-8(11)5-6/h6,13H,1-5,11-12H2. The quantitative estimate of drug-likeness (QED) is 0.703. The fraction of sp³-hybridized carbons (Fsp3) is 0.857. The largest absolute Gasteiger partial charge is 0.444 e. The minimum atomic E-state index is -0.0568. The fourth-order valence-electron chi connectivity index (χ4n) is 1.61. The van der Waals surface area contributed by atoms with E-state index >= 15 is 0 Å². The van der Waals surface area contributed by atoms with Crippen LogP contribution in [0.4, 0.5) is 0 Å². The number of piperidine rings is 1. The lowest BCUT2D eigenvalue weighted by Gasteiger charge is -2.28. The lowest BCUT2D eigenvalue weighted by Crippen LogP contribution is -2.29. The first kappa shape index (κ1) is 11.8. The van der Waals surface area contributed by atoms with Gasteiger partial charge in [0.15, 0.2) is 0 Å². The summed E-state index contributed by atoms with van der Waals surface area (Å²) < 4.78 is 7.11. The van der Waals surface area contributed by atoms with Crippen LogP contribution >= 0.6 is 26.8 Å². The molecule has 3 nitrogen and oxygen atoms in total. The van der Waals surface area contributed by atoms with Gasteiger partial charge in [-0.25, -0.2) is 0 Å². The summed E-state index contributed by atoms with van der Waals surface area (Å²) >= 11 is 0. The summed E-state index contributed by atoms with van der Waals surface area (Å²) in [4.78, 5) is 11.2. The van der Waals surface area contributed by atoms with E-state index in [2.05, 4.69) is 23.0 Å². The van der Waals surface area contributed by atoms with E-state index in [4.69, 9.17) is 4.52 Å². The molecule has 0 radical (unpaired) electrons. The third kappa shape index (κ3) is 4.66. The molecule has 1 aliphatic heterocycles. The number of hydrogen-bond acceptors (Lipinski definition) is 3. The van der Waals surface area contributed by atoms with Gasteiger partial charge in [0, 0.05) is 19.5 Å². The Labute approximate surface area is 85.6 Å². The lowest BCUT2D eigenvalue weighted by atomic mass is 9.96. The molecular formula is C7H16NO2P3. The summed E-state index contributed by atoms with van der Waals surface area (Å²) in [5.41, 5.74) is 0. The topological polar surface area (TPSA) is 29.5 Å². The second kappa shape index (κ2) is 6.25. The molecule has 1 fully saturated rings. The molecule has 4 unspecified atom stereocenters. The maximum absolute atomic E-state index is 11.2. The van der Waals surface area contributed by atoms with E-state index in [1.54, 1.807) is 0 Å². The zero-order valence-corrected chi connectivity index (χ0v) is 10.8. The number of rotatable bonds is 3. The van der Waals surface area contributed by atoms with Crippen molar-refractivity contribution in [2.45, 2.75) is 19.3 Å². The molecule has 1 aliphatic rings. The molecule has 0 aliphatic carbocycles. The van der Waals surface area contributed by atoms with E-state index < -0.39 is 0 Å². The van der Waals surface area contributed by atoms with Gasteiger partial charge in [0.25, 0.3) is 0 Å². The Hall–Kier alpha value is 0.720. The smallest absolute Gasteiger partial charge is 0.308 e. The van der Waals surface area contributed by atoms with Crippen LogP contribution in [0, 0.1) is 5.92 Å². The van der Waals surface area contributed by atoms with Crippen LogP contribution in [0.3, 0.4) is 0 Å². The number of nitrogens with zero attached hydrogens (tertiary/aromatic N) is 1. The predicted octanol–water partition coefficient (Wildman–Crippen LogP) is 1.81. The van der Waals surface area contributed by atoms with Gasteiger partial charge in [0.1, 0.15) is 0 Å². The summed E-state index contributed by atoms with van der Waals surface area (Å²) in [6, 6.07) is 0. The molecule has 0 aromatic heterocycles. The molecule has 0 bridgehead atoms. The first-order valence-corrected chi connectivity index (χ1v) is 7.60. The van der Waals surface area contributed by atoms with Crippen molar-refractivity contribution in [3.8, 4) is 0 Å². The average Bonchev–Trinajstić information content (AvgIpc) is 2.04. The Balaban J connectivity index is 2.23. The molecule has 6 heteroatoms. The van der Waals surface area contributed by atoms with Crippen molar-refractivity contribution in [1.29, 1.82) is 0 Å². The van der Waals surface area contributed by atoms with Crippen LogP contribution < -0.4 is 0 Å². The second-order valence-corrected chi connectivity index (χ2v) is 5.18. The van der Waals surface area contributed by atoms with Crippen LogP contribution in [0.2, 0.25) is 0 Å². The first-order chi connectivity index (χ1) is 6.22. The Morgan fingerprint density at radius 2 is 2.46 bits per heavy atom. The van der Waals surface area contributed by atoms with Crippen molar-refractivity contribution in [3.05, 3.63) is 0 Å². The molecule has 0 aromatic rings. The van der Waals surface area contributed by atoms with Crippen molar-refractivity contribution < 1.29 is 9.32 Å². The highest BCUT2D eigenvalue weighted by Crippen LogP contribution is 2.26. The maximum Gasteiger partial charge on any atom is 0.308 e. The van der Waals surface area contributed by atoms with Gasteiger partial charge in [0.2, 0.25) is 0 Å². The van der Waals surface area contributed by atoms with Crippen LogP contribution in [0.25, 0.3) is 0 Å². The zero-order valence-electron chi connectivity index (χ0n) is 7.53. The molecule has 13 heavy (non-hydrogen) atoms. The molecule has 1 heterocycles. The minimum absolute atomic E-state index is 0.0568. The molecule has 0 N–H and O–H groups in total. The second-order valence-electron chi connectivity index (χ2n) is 3.30. The Kier molecular flexibility index (Phi) is 5.67. The number of carbonyl (C=O) groups is 1. The summed E-state index contributed by atoms with van der Waals surface area (Å²) in [7, 11) is 5.32. The van der Waals surface area contributed by atoms with E-state index in [0.717, 1.165) is 19.5 Å². The molecule has 0 saturated carbocycles. The van der Waals surface area contributed by atoms with Crippen LogP contribution in [0.1, 0.15) is 19.3 Å². The van der Waals surface area contributed by atoms with Gasteiger partial charge in [-0.1, -0.05) is 18.3 Å². The highest BCUT2D eigenvalue weighted by molar-refractivity contribution is 8.00. The molecule has 0 aromatic carbocycles. The monoisotopic (exact) mass is 239 g/mol. The van der Waals surface area contributed by atoms with E-state index in [9.17, 15) is 4.79 Å². The molecule has 1 rings (SSSR count). The minimum Gasteiger partial charge on any atom is -0.444 e. The molecule has 1 saturated heterocycles. The van der Waals surface area contributed by atoms with Crippen molar-refractivity contribution >= 4 is 32.8 Å². The number of hydrogen-bond donors (Lipinski definition) is 0. The SMILES string of the molecule is O=C(CC1CCCN(P)C1)OPP. The highest BCUT2D eigenvalue weighted by Gasteiger charge is 2.20. The van der Waals surface area contributed by atoms with Gasteiger partial charge in [-0.15, -0.1) is 0 Å². The average molecular weight is 239 g/mol. The molecule has 4 atom stereocenters. The van der Waals surface area contributed by atoms with E-state index in [1.807, 2.05) is 0 Å². The van der Waals surface area contributed by atoms with Gasteiger partial charge in [-0.2, -0.15) is 0 Å². The summed E-state index contributed by atoms with van der Waals surface area (Å²) in [6.45, 7) is 2.13. The van der Waals surface area contributed by atoms with Crippen LogP contribution in [0.5, 0.6) is 0 Å². The van der Waals surface area contributed by atoms with Crippen molar-refractivity contribution in [2.24, 2.45) is 5.92 Å². The summed E-state index contributed by atoms with van der Waals surface area (Å²) in [6.07, 6.45) is 2.91. The van der Waals surface area contributed by atoms with E-state index in [-0.39, 0.29) is 14.5 Å².